The first kappa shape index (κ1) is 15.5. The van der Waals surface area contributed by atoms with Gasteiger partial charge in [0.25, 0.3) is 0 Å². The predicted octanol–water partition coefficient (Wildman–Crippen LogP) is 2.63. The fourth-order valence-corrected chi connectivity index (χ4v) is 4.57. The van der Waals surface area contributed by atoms with E-state index in [9.17, 15) is 13.2 Å². The Bertz CT molecular complexity index is 653. The number of hydrogen-bond donors (Lipinski definition) is 1. The van der Waals surface area contributed by atoms with E-state index in [4.69, 9.17) is 5.11 Å². The Hall–Kier alpha value is -0.920. The van der Waals surface area contributed by atoms with E-state index in [1.165, 1.54) is 16.4 Å². The number of aryl methyl sites for hydroxylation is 1. The lowest BCUT2D eigenvalue weighted by atomic mass is 9.94. The summed E-state index contributed by atoms with van der Waals surface area (Å²) in [4.78, 5) is 11.1. The van der Waals surface area contributed by atoms with Crippen LogP contribution in [0.4, 0.5) is 0 Å². The Labute approximate surface area is 126 Å². The van der Waals surface area contributed by atoms with Gasteiger partial charge in [0.1, 0.15) is 0 Å². The van der Waals surface area contributed by atoms with Crippen LogP contribution in [-0.4, -0.2) is 36.9 Å². The van der Waals surface area contributed by atoms with Gasteiger partial charge in [0, 0.05) is 17.6 Å². The van der Waals surface area contributed by atoms with Crippen LogP contribution in [0.1, 0.15) is 35.2 Å². The van der Waals surface area contributed by atoms with Gasteiger partial charge in [0.2, 0.25) is 10.0 Å². The normalized spacial score (nSPS) is 16.2. The molecule has 0 spiro atoms. The molecule has 0 amide bonds. The standard InChI is InChI=1S/C13H16BrNO4S/c1-8-6-9(13(16)17)7-11(12(8)14)20(18,19)15(2)10-4-3-5-10/h6-7,10H,3-5H2,1-2H3,(H,16,17). The van der Waals surface area contributed by atoms with Crippen molar-refractivity contribution in [3.05, 3.63) is 27.7 Å². The second kappa shape index (κ2) is 5.46. The summed E-state index contributed by atoms with van der Waals surface area (Å²) in [5.41, 5.74) is 0.566. The zero-order valence-electron chi connectivity index (χ0n) is 11.3. The van der Waals surface area contributed by atoms with Crippen molar-refractivity contribution in [3.8, 4) is 0 Å². The summed E-state index contributed by atoms with van der Waals surface area (Å²) in [5, 5.41) is 9.07. The van der Waals surface area contributed by atoms with E-state index in [1.54, 1.807) is 14.0 Å². The number of hydrogen-bond acceptors (Lipinski definition) is 3. The highest BCUT2D eigenvalue weighted by atomic mass is 79.9. The quantitative estimate of drug-likeness (QED) is 0.894. The Morgan fingerprint density at radius 2 is 2.00 bits per heavy atom. The summed E-state index contributed by atoms with van der Waals surface area (Å²) in [6.45, 7) is 1.68. The maximum atomic E-state index is 12.6. The average Bonchev–Trinajstić information content (AvgIpc) is 2.29. The molecule has 1 aliphatic carbocycles. The van der Waals surface area contributed by atoms with Crippen molar-refractivity contribution >= 4 is 31.9 Å². The molecule has 1 saturated carbocycles. The van der Waals surface area contributed by atoms with E-state index in [2.05, 4.69) is 15.9 Å². The Kier molecular flexibility index (Phi) is 4.22. The molecule has 7 heteroatoms. The maximum Gasteiger partial charge on any atom is 0.335 e. The Balaban J connectivity index is 2.52. The van der Waals surface area contributed by atoms with E-state index < -0.39 is 16.0 Å². The molecule has 0 unspecified atom stereocenters. The van der Waals surface area contributed by atoms with Gasteiger partial charge in [0.05, 0.1) is 10.5 Å². The van der Waals surface area contributed by atoms with Gasteiger partial charge in [0.15, 0.2) is 0 Å². The summed E-state index contributed by atoms with van der Waals surface area (Å²) in [5.74, 6) is -1.14. The molecule has 1 aromatic carbocycles. The molecule has 0 aliphatic heterocycles. The number of carboxylic acids is 1. The summed E-state index contributed by atoms with van der Waals surface area (Å²) in [6.07, 6.45) is 2.73. The monoisotopic (exact) mass is 361 g/mol. The second-order valence-electron chi connectivity index (χ2n) is 5.02. The van der Waals surface area contributed by atoms with Gasteiger partial charge in [-0.15, -0.1) is 0 Å². The van der Waals surface area contributed by atoms with E-state index in [1.807, 2.05) is 0 Å². The van der Waals surface area contributed by atoms with Crippen molar-refractivity contribution in [1.29, 1.82) is 0 Å². The van der Waals surface area contributed by atoms with Gasteiger partial charge < -0.3 is 5.11 Å². The second-order valence-corrected chi connectivity index (χ2v) is 7.78. The van der Waals surface area contributed by atoms with Crippen molar-refractivity contribution in [1.82, 2.24) is 4.31 Å². The third-order valence-electron chi connectivity index (χ3n) is 3.71. The van der Waals surface area contributed by atoms with Gasteiger partial charge in [-0.1, -0.05) is 6.42 Å². The number of carboxylic acid groups (broad SMARTS) is 1. The number of benzene rings is 1. The van der Waals surface area contributed by atoms with Crippen LogP contribution in [0.3, 0.4) is 0 Å². The Morgan fingerprint density at radius 3 is 2.45 bits per heavy atom. The SMILES string of the molecule is Cc1cc(C(=O)O)cc(S(=O)(=O)N(C)C2CCC2)c1Br. The number of carbonyl (C=O) groups is 1. The largest absolute Gasteiger partial charge is 0.478 e. The molecule has 110 valence electrons. The molecule has 0 atom stereocenters. The number of aromatic carboxylic acids is 1. The first-order valence-corrected chi connectivity index (χ1v) is 8.50. The molecular formula is C13H16BrNO4S. The van der Waals surface area contributed by atoms with E-state index >= 15 is 0 Å². The topological polar surface area (TPSA) is 74.7 Å². The van der Waals surface area contributed by atoms with Crippen LogP contribution in [0, 0.1) is 6.92 Å². The molecule has 0 saturated heterocycles. The predicted molar refractivity (Wildman–Crippen MR) is 78.4 cm³/mol. The Morgan fingerprint density at radius 1 is 1.40 bits per heavy atom. The zero-order chi connectivity index (χ0) is 15.1. The van der Waals surface area contributed by atoms with Gasteiger partial charge in [-0.25, -0.2) is 13.2 Å². The molecule has 0 aromatic heterocycles. The van der Waals surface area contributed by atoms with Crippen molar-refractivity contribution in [2.24, 2.45) is 0 Å². The van der Waals surface area contributed by atoms with Gasteiger partial charge in [-0.05, 0) is 53.4 Å². The number of sulfonamides is 1. The lowest BCUT2D eigenvalue weighted by Crippen LogP contribution is -2.41. The summed E-state index contributed by atoms with van der Waals surface area (Å²) >= 11 is 3.26. The molecule has 20 heavy (non-hydrogen) atoms. The van der Waals surface area contributed by atoms with Crippen LogP contribution in [-0.2, 0) is 10.0 Å². The van der Waals surface area contributed by atoms with E-state index in [0.29, 0.717) is 10.0 Å². The lowest BCUT2D eigenvalue weighted by Gasteiger charge is -2.34. The van der Waals surface area contributed by atoms with Crippen LogP contribution >= 0.6 is 15.9 Å². The highest BCUT2D eigenvalue weighted by molar-refractivity contribution is 9.10. The van der Waals surface area contributed by atoms with E-state index in [0.717, 1.165) is 19.3 Å². The number of rotatable bonds is 4. The number of nitrogens with zero attached hydrogens (tertiary/aromatic N) is 1. The van der Waals surface area contributed by atoms with Gasteiger partial charge in [-0.3, -0.25) is 0 Å². The van der Waals surface area contributed by atoms with Crippen molar-refractivity contribution < 1.29 is 18.3 Å². The fraction of sp³-hybridized carbons (Fsp3) is 0.462. The highest BCUT2D eigenvalue weighted by Gasteiger charge is 2.33. The van der Waals surface area contributed by atoms with Gasteiger partial charge >= 0.3 is 5.97 Å². The van der Waals surface area contributed by atoms with E-state index in [-0.39, 0.29) is 16.5 Å². The number of halogens is 1. The summed E-state index contributed by atoms with van der Waals surface area (Å²) in [6, 6.07) is 2.68. The molecule has 0 radical (unpaired) electrons. The van der Waals surface area contributed by atoms with Crippen LogP contribution in [0.2, 0.25) is 0 Å². The molecule has 1 aliphatic rings. The third-order valence-corrected chi connectivity index (χ3v) is 6.96. The fourth-order valence-electron chi connectivity index (χ4n) is 2.15. The van der Waals surface area contributed by atoms with Crippen molar-refractivity contribution in [2.45, 2.75) is 37.1 Å². The lowest BCUT2D eigenvalue weighted by molar-refractivity contribution is 0.0696. The molecule has 0 bridgehead atoms. The maximum absolute atomic E-state index is 12.6. The van der Waals surface area contributed by atoms with Crippen molar-refractivity contribution in [2.75, 3.05) is 7.05 Å². The van der Waals surface area contributed by atoms with Crippen molar-refractivity contribution in [3.63, 3.8) is 0 Å². The minimum absolute atomic E-state index is 0.0145. The third kappa shape index (κ3) is 2.62. The molecule has 1 N–H and O–H groups in total. The molecular weight excluding hydrogens is 346 g/mol. The first-order chi connectivity index (χ1) is 9.25. The summed E-state index contributed by atoms with van der Waals surface area (Å²) < 4.78 is 27.0. The molecule has 5 nitrogen and oxygen atoms in total. The smallest absolute Gasteiger partial charge is 0.335 e. The van der Waals surface area contributed by atoms with Crippen LogP contribution in [0.5, 0.6) is 0 Å². The average molecular weight is 362 g/mol. The molecule has 2 rings (SSSR count). The van der Waals surface area contributed by atoms with Crippen LogP contribution in [0.25, 0.3) is 0 Å². The van der Waals surface area contributed by atoms with Crippen LogP contribution < -0.4 is 0 Å². The van der Waals surface area contributed by atoms with Gasteiger partial charge in [-0.2, -0.15) is 4.31 Å². The highest BCUT2D eigenvalue weighted by Crippen LogP contribution is 2.33. The molecule has 0 heterocycles. The summed E-state index contributed by atoms with van der Waals surface area (Å²) in [7, 11) is -2.14. The van der Waals surface area contributed by atoms with Crippen LogP contribution in [0.15, 0.2) is 21.5 Å². The molecule has 1 fully saturated rings. The minimum atomic E-state index is -3.69. The molecule has 1 aromatic rings. The first-order valence-electron chi connectivity index (χ1n) is 6.26. The zero-order valence-corrected chi connectivity index (χ0v) is 13.7. The minimum Gasteiger partial charge on any atom is -0.478 e.